The molecule has 1 amide bonds. The highest BCUT2D eigenvalue weighted by Crippen LogP contribution is 2.19. The quantitative estimate of drug-likeness (QED) is 0.881. The smallest absolute Gasteiger partial charge is 0.224 e. The SMILES string of the molecule is CC(C)(C)C(CN)NC(=O)Cc1ccccc1Cl. The summed E-state index contributed by atoms with van der Waals surface area (Å²) in [7, 11) is 0. The molecular formula is C14H21ClN2O. The van der Waals surface area contributed by atoms with Crippen molar-refractivity contribution in [2.75, 3.05) is 6.54 Å². The molecule has 0 radical (unpaired) electrons. The fourth-order valence-electron chi connectivity index (χ4n) is 1.69. The average molecular weight is 269 g/mol. The minimum absolute atomic E-state index is 0.0347. The Morgan fingerprint density at radius 3 is 2.50 bits per heavy atom. The van der Waals surface area contributed by atoms with Crippen LogP contribution >= 0.6 is 11.6 Å². The largest absolute Gasteiger partial charge is 0.351 e. The van der Waals surface area contributed by atoms with E-state index in [1.807, 2.05) is 18.2 Å². The normalized spacial score (nSPS) is 13.2. The molecule has 1 unspecified atom stereocenters. The van der Waals surface area contributed by atoms with Gasteiger partial charge in [-0.3, -0.25) is 4.79 Å². The highest BCUT2D eigenvalue weighted by atomic mass is 35.5. The number of halogens is 1. The molecule has 0 fully saturated rings. The summed E-state index contributed by atoms with van der Waals surface area (Å²) < 4.78 is 0. The molecular weight excluding hydrogens is 248 g/mol. The fourth-order valence-corrected chi connectivity index (χ4v) is 1.89. The molecule has 1 aromatic rings. The summed E-state index contributed by atoms with van der Waals surface area (Å²) in [6.07, 6.45) is 0.284. The van der Waals surface area contributed by atoms with Crippen molar-refractivity contribution in [3.63, 3.8) is 0 Å². The van der Waals surface area contributed by atoms with Crippen molar-refractivity contribution in [1.82, 2.24) is 5.32 Å². The topological polar surface area (TPSA) is 55.1 Å². The predicted octanol–water partition coefficient (Wildman–Crippen LogP) is 2.37. The van der Waals surface area contributed by atoms with Crippen LogP contribution in [0.3, 0.4) is 0 Å². The highest BCUT2D eigenvalue weighted by molar-refractivity contribution is 6.31. The molecule has 1 rings (SSSR count). The maximum atomic E-state index is 12.0. The molecule has 0 aliphatic rings. The van der Waals surface area contributed by atoms with Crippen molar-refractivity contribution in [2.24, 2.45) is 11.1 Å². The van der Waals surface area contributed by atoms with E-state index in [0.29, 0.717) is 11.6 Å². The van der Waals surface area contributed by atoms with E-state index < -0.39 is 0 Å². The van der Waals surface area contributed by atoms with Crippen LogP contribution in [-0.2, 0) is 11.2 Å². The Morgan fingerprint density at radius 2 is 2.00 bits per heavy atom. The van der Waals surface area contributed by atoms with E-state index in [-0.39, 0.29) is 23.8 Å². The van der Waals surface area contributed by atoms with Crippen molar-refractivity contribution < 1.29 is 4.79 Å². The number of rotatable bonds is 4. The summed E-state index contributed by atoms with van der Waals surface area (Å²) in [5, 5.41) is 3.58. The van der Waals surface area contributed by atoms with Crippen molar-refractivity contribution >= 4 is 17.5 Å². The summed E-state index contributed by atoms with van der Waals surface area (Å²) in [6.45, 7) is 6.60. The Hall–Kier alpha value is -1.06. The summed E-state index contributed by atoms with van der Waals surface area (Å²) in [5.41, 5.74) is 6.47. The van der Waals surface area contributed by atoms with E-state index in [0.717, 1.165) is 5.56 Å². The molecule has 18 heavy (non-hydrogen) atoms. The maximum absolute atomic E-state index is 12.0. The molecule has 3 nitrogen and oxygen atoms in total. The summed E-state index contributed by atoms with van der Waals surface area (Å²) in [4.78, 5) is 12.0. The number of hydrogen-bond acceptors (Lipinski definition) is 2. The zero-order chi connectivity index (χ0) is 13.8. The van der Waals surface area contributed by atoms with Crippen LogP contribution in [0.25, 0.3) is 0 Å². The number of nitrogens with two attached hydrogens (primary N) is 1. The molecule has 0 aliphatic carbocycles. The van der Waals surface area contributed by atoms with Crippen molar-refractivity contribution in [3.05, 3.63) is 34.9 Å². The first kappa shape index (κ1) is 15.0. The van der Waals surface area contributed by atoms with E-state index >= 15 is 0 Å². The number of benzene rings is 1. The molecule has 4 heteroatoms. The van der Waals surface area contributed by atoms with Crippen LogP contribution in [0.15, 0.2) is 24.3 Å². The number of nitrogens with one attached hydrogen (secondary N) is 1. The second kappa shape index (κ2) is 6.21. The van der Waals surface area contributed by atoms with E-state index in [9.17, 15) is 4.79 Å². The lowest BCUT2D eigenvalue weighted by Gasteiger charge is -2.30. The van der Waals surface area contributed by atoms with Crippen molar-refractivity contribution in [2.45, 2.75) is 33.2 Å². The number of carbonyl (C=O) groups excluding carboxylic acids is 1. The van der Waals surface area contributed by atoms with Crippen LogP contribution in [-0.4, -0.2) is 18.5 Å². The monoisotopic (exact) mass is 268 g/mol. The summed E-state index contributed by atoms with van der Waals surface area (Å²) in [5.74, 6) is -0.0477. The third-order valence-electron chi connectivity index (χ3n) is 2.93. The summed E-state index contributed by atoms with van der Waals surface area (Å²) in [6, 6.07) is 7.33. The molecule has 0 saturated carbocycles. The molecule has 1 atom stereocenters. The van der Waals surface area contributed by atoms with E-state index in [1.54, 1.807) is 6.07 Å². The van der Waals surface area contributed by atoms with Gasteiger partial charge >= 0.3 is 0 Å². The Bertz CT molecular complexity index is 413. The van der Waals surface area contributed by atoms with E-state index in [2.05, 4.69) is 26.1 Å². The number of amides is 1. The average Bonchev–Trinajstić information content (AvgIpc) is 2.27. The lowest BCUT2D eigenvalue weighted by atomic mass is 9.86. The van der Waals surface area contributed by atoms with Crippen molar-refractivity contribution in [3.8, 4) is 0 Å². The molecule has 1 aromatic carbocycles. The van der Waals surface area contributed by atoms with Crippen LogP contribution in [0.2, 0.25) is 5.02 Å². The second-order valence-electron chi connectivity index (χ2n) is 5.49. The first-order chi connectivity index (χ1) is 8.34. The van der Waals surface area contributed by atoms with Gasteiger partial charge < -0.3 is 11.1 Å². The van der Waals surface area contributed by atoms with Gasteiger partial charge in [-0.2, -0.15) is 0 Å². The van der Waals surface area contributed by atoms with Crippen LogP contribution in [0.4, 0.5) is 0 Å². The zero-order valence-corrected chi connectivity index (χ0v) is 11.9. The Morgan fingerprint density at radius 1 is 1.39 bits per heavy atom. The third kappa shape index (κ3) is 4.31. The Kier molecular flexibility index (Phi) is 5.17. The first-order valence-corrected chi connectivity index (χ1v) is 6.45. The lowest BCUT2D eigenvalue weighted by Crippen LogP contribution is -2.48. The zero-order valence-electron chi connectivity index (χ0n) is 11.2. The predicted molar refractivity (Wildman–Crippen MR) is 75.6 cm³/mol. The Balaban J connectivity index is 2.65. The minimum atomic E-state index is -0.0507. The van der Waals surface area contributed by atoms with Gasteiger partial charge in [-0.1, -0.05) is 50.6 Å². The van der Waals surface area contributed by atoms with Gasteiger partial charge in [0, 0.05) is 17.6 Å². The number of carbonyl (C=O) groups is 1. The number of hydrogen-bond donors (Lipinski definition) is 2. The van der Waals surface area contributed by atoms with Gasteiger partial charge in [0.2, 0.25) is 5.91 Å². The molecule has 0 aromatic heterocycles. The molecule has 0 bridgehead atoms. The van der Waals surface area contributed by atoms with Crippen molar-refractivity contribution in [1.29, 1.82) is 0 Å². The van der Waals surface area contributed by atoms with Gasteiger partial charge in [0.05, 0.1) is 6.42 Å². The fraction of sp³-hybridized carbons (Fsp3) is 0.500. The minimum Gasteiger partial charge on any atom is -0.351 e. The van der Waals surface area contributed by atoms with Gasteiger partial charge in [-0.15, -0.1) is 0 Å². The molecule has 0 saturated heterocycles. The molecule has 0 spiro atoms. The Labute approximate surface area is 114 Å². The van der Waals surface area contributed by atoms with Gasteiger partial charge in [-0.05, 0) is 17.0 Å². The highest BCUT2D eigenvalue weighted by Gasteiger charge is 2.24. The molecule has 3 N–H and O–H groups in total. The van der Waals surface area contributed by atoms with Crippen LogP contribution in [0, 0.1) is 5.41 Å². The van der Waals surface area contributed by atoms with Crippen LogP contribution < -0.4 is 11.1 Å². The van der Waals surface area contributed by atoms with E-state index in [1.165, 1.54) is 0 Å². The molecule has 100 valence electrons. The standard InChI is InChI=1S/C14H21ClN2O/c1-14(2,3)12(9-16)17-13(18)8-10-6-4-5-7-11(10)15/h4-7,12H,8-9,16H2,1-3H3,(H,17,18). The molecule has 0 aliphatic heterocycles. The van der Waals surface area contributed by atoms with Crippen LogP contribution in [0.1, 0.15) is 26.3 Å². The molecule has 0 heterocycles. The maximum Gasteiger partial charge on any atom is 0.224 e. The van der Waals surface area contributed by atoms with E-state index in [4.69, 9.17) is 17.3 Å². The second-order valence-corrected chi connectivity index (χ2v) is 5.90. The van der Waals surface area contributed by atoms with Gasteiger partial charge in [0.1, 0.15) is 0 Å². The summed E-state index contributed by atoms with van der Waals surface area (Å²) >= 11 is 6.02. The van der Waals surface area contributed by atoms with Gasteiger partial charge in [-0.25, -0.2) is 0 Å². The lowest BCUT2D eigenvalue weighted by molar-refractivity contribution is -0.121. The van der Waals surface area contributed by atoms with Crippen LogP contribution in [0.5, 0.6) is 0 Å². The van der Waals surface area contributed by atoms with Gasteiger partial charge in [0.25, 0.3) is 0 Å². The third-order valence-corrected chi connectivity index (χ3v) is 3.29. The van der Waals surface area contributed by atoms with Gasteiger partial charge in [0.15, 0.2) is 0 Å². The first-order valence-electron chi connectivity index (χ1n) is 6.07.